The van der Waals surface area contributed by atoms with E-state index in [2.05, 4.69) is 186 Å². The third kappa shape index (κ3) is 23.2. The molecule has 6 aromatic rings. The van der Waals surface area contributed by atoms with Gasteiger partial charge >= 0.3 is 21.7 Å². The van der Waals surface area contributed by atoms with Gasteiger partial charge in [0.05, 0.1) is 0 Å². The van der Waals surface area contributed by atoms with Crippen LogP contribution in [0.15, 0.2) is 235 Å². The van der Waals surface area contributed by atoms with Crippen molar-refractivity contribution < 1.29 is 58.9 Å². The fourth-order valence-corrected chi connectivity index (χ4v) is 5.79. The molecule has 0 aliphatic heterocycles. The van der Waals surface area contributed by atoms with E-state index in [9.17, 15) is 0 Å². The monoisotopic (exact) mass is 906 g/mol. The molecule has 0 aromatic heterocycles. The van der Waals surface area contributed by atoms with Crippen molar-refractivity contribution in [1.82, 2.24) is 0 Å². The summed E-state index contributed by atoms with van der Waals surface area (Å²) in [5, 5.41) is 0. The van der Waals surface area contributed by atoms with E-state index in [4.69, 9.17) is 0 Å². The van der Waals surface area contributed by atoms with Crippen LogP contribution in [0.25, 0.3) is 36.5 Å². The number of rotatable bonds is 9. The molecule has 0 N–H and O–H groups in total. The van der Waals surface area contributed by atoms with Crippen molar-refractivity contribution in [3.63, 3.8) is 0 Å². The zero-order valence-electron chi connectivity index (χ0n) is 36.4. The molecule has 0 nitrogen and oxygen atoms in total. The maximum absolute atomic E-state index is 3.44. The van der Waals surface area contributed by atoms with Gasteiger partial charge in [-0.1, -0.05) is 288 Å². The SMILES string of the molecule is C(C=Cc1ccccc1)=Cc1ccccc1.C(C=Cc1ccccc1)=Cc1ccccc1.C(C=Cc1ccccc1)=Cc1ccccc1.CC1=[C-]C(C)(C)C(C)=C1C.[Cl-].[Cl-].[Cl-].[Ti+4]. The number of benzene rings is 6. The average Bonchev–Trinajstić information content (AvgIpc) is 3.45. The largest absolute Gasteiger partial charge is 4.00 e. The molecule has 0 bridgehead atoms. The molecule has 0 saturated heterocycles. The third-order valence-electron chi connectivity index (χ3n) is 9.43. The molecule has 1 aliphatic rings. The van der Waals surface area contributed by atoms with Gasteiger partial charge in [0.25, 0.3) is 0 Å². The molecule has 1 aliphatic carbocycles. The summed E-state index contributed by atoms with van der Waals surface area (Å²) in [5.41, 5.74) is 11.7. The molecule has 0 amide bonds. The predicted octanol–water partition coefficient (Wildman–Crippen LogP) is 7.36. The summed E-state index contributed by atoms with van der Waals surface area (Å²) in [6, 6.07) is 61.7. The topological polar surface area (TPSA) is 0 Å². The van der Waals surface area contributed by atoms with Gasteiger partial charge < -0.3 is 37.2 Å². The van der Waals surface area contributed by atoms with E-state index in [-0.39, 0.29) is 64.4 Å². The zero-order chi connectivity index (χ0) is 41.1. The first-order valence-corrected chi connectivity index (χ1v) is 19.9. The van der Waals surface area contributed by atoms with Crippen molar-refractivity contribution >= 4 is 36.5 Å². The standard InChI is InChI=1S/3C16H14.C10H15.3ClH.Ti/c3*1-3-9-15(10-4-1)13-7-8-14-16-11-5-2-6-12-16;1-7-6-10(4,5)9(3)8(7)2;;;;/h3*1-14H;1-5H3;3*1H;/q;;;-1;;;;+4/p-3. The molecule has 62 heavy (non-hydrogen) atoms. The van der Waals surface area contributed by atoms with Gasteiger partial charge in [0.15, 0.2) is 0 Å². The first-order chi connectivity index (χ1) is 28.3. The van der Waals surface area contributed by atoms with E-state index < -0.39 is 0 Å². The van der Waals surface area contributed by atoms with Crippen LogP contribution >= 0.6 is 0 Å². The summed E-state index contributed by atoms with van der Waals surface area (Å²) >= 11 is 0. The molecule has 314 valence electrons. The third-order valence-corrected chi connectivity index (χ3v) is 9.43. The van der Waals surface area contributed by atoms with E-state index in [1.807, 2.05) is 109 Å². The maximum Gasteiger partial charge on any atom is 4.00 e. The molecule has 0 unspecified atom stereocenters. The van der Waals surface area contributed by atoms with E-state index in [1.54, 1.807) is 0 Å². The zero-order valence-corrected chi connectivity index (χ0v) is 40.2. The Morgan fingerprint density at radius 1 is 0.323 bits per heavy atom. The molecular weight excluding hydrogens is 851 g/mol. The van der Waals surface area contributed by atoms with Crippen LogP contribution in [0.4, 0.5) is 0 Å². The molecule has 6 aromatic carbocycles. The van der Waals surface area contributed by atoms with Crippen molar-refractivity contribution in [2.75, 3.05) is 0 Å². The van der Waals surface area contributed by atoms with Crippen molar-refractivity contribution in [3.05, 3.63) is 275 Å². The van der Waals surface area contributed by atoms with E-state index >= 15 is 0 Å². The van der Waals surface area contributed by atoms with Gasteiger partial charge in [0, 0.05) is 0 Å². The van der Waals surface area contributed by atoms with Gasteiger partial charge in [-0.15, -0.1) is 6.92 Å². The van der Waals surface area contributed by atoms with Gasteiger partial charge in [0.2, 0.25) is 0 Å². The number of allylic oxidation sites excluding steroid dienone is 10. The molecule has 0 fully saturated rings. The van der Waals surface area contributed by atoms with Crippen LogP contribution in [0.3, 0.4) is 0 Å². The van der Waals surface area contributed by atoms with Crippen molar-refractivity contribution in [3.8, 4) is 0 Å². The van der Waals surface area contributed by atoms with Crippen LogP contribution < -0.4 is 37.2 Å². The maximum atomic E-state index is 3.44. The summed E-state index contributed by atoms with van der Waals surface area (Å²) in [5.74, 6) is 0. The van der Waals surface area contributed by atoms with Gasteiger partial charge in [-0.25, -0.2) is 5.57 Å². The second-order valence-electron chi connectivity index (χ2n) is 14.2. The summed E-state index contributed by atoms with van der Waals surface area (Å²) in [7, 11) is 0. The Balaban J connectivity index is 0.000000794. The Labute approximate surface area is 407 Å². The minimum Gasteiger partial charge on any atom is -1.00 e. The summed E-state index contributed by atoms with van der Waals surface area (Å²) in [6.45, 7) is 10.9. The van der Waals surface area contributed by atoms with Crippen molar-refractivity contribution in [2.45, 2.75) is 34.6 Å². The van der Waals surface area contributed by atoms with E-state index in [0.717, 1.165) is 0 Å². The minimum absolute atomic E-state index is 0. The summed E-state index contributed by atoms with van der Waals surface area (Å²) in [6.07, 6.45) is 28.4. The quantitative estimate of drug-likeness (QED) is 0.0810. The molecule has 0 saturated carbocycles. The van der Waals surface area contributed by atoms with Crippen molar-refractivity contribution in [1.29, 1.82) is 0 Å². The Bertz CT molecular complexity index is 1920. The molecule has 0 heterocycles. The Kier molecular flexibility index (Phi) is 30.7. The smallest absolute Gasteiger partial charge is 1.00 e. The molecule has 4 heteroatoms. The number of hydrogen-bond donors (Lipinski definition) is 0. The minimum atomic E-state index is 0. The normalized spacial score (nSPS) is 12.5. The molecule has 0 atom stereocenters. The predicted molar refractivity (Wildman–Crippen MR) is 257 cm³/mol. The first kappa shape index (κ1) is 56.8. The second kappa shape index (κ2) is 33.5. The Morgan fingerprint density at radius 2 is 0.500 bits per heavy atom. The number of hydrogen-bond acceptors (Lipinski definition) is 0. The average molecular weight is 908 g/mol. The van der Waals surface area contributed by atoms with Crippen LogP contribution in [-0.4, -0.2) is 0 Å². The second-order valence-corrected chi connectivity index (χ2v) is 14.2. The van der Waals surface area contributed by atoms with Gasteiger partial charge in [-0.05, 0) is 33.4 Å². The molecule has 0 spiro atoms. The fraction of sp³-hybridized carbons (Fsp3) is 0.103. The van der Waals surface area contributed by atoms with Crippen LogP contribution in [0, 0.1) is 11.5 Å². The summed E-state index contributed by atoms with van der Waals surface area (Å²) < 4.78 is 0. The van der Waals surface area contributed by atoms with Crippen molar-refractivity contribution in [2.24, 2.45) is 5.41 Å². The van der Waals surface area contributed by atoms with Crippen LogP contribution in [-0.2, 0) is 21.7 Å². The van der Waals surface area contributed by atoms with Crippen LogP contribution in [0.5, 0.6) is 0 Å². The summed E-state index contributed by atoms with van der Waals surface area (Å²) in [4.78, 5) is 0. The van der Waals surface area contributed by atoms with Crippen LogP contribution in [0.2, 0.25) is 0 Å². The molecular formula is C58H57Cl3Ti. The van der Waals surface area contributed by atoms with Gasteiger partial charge in [0.1, 0.15) is 0 Å². The van der Waals surface area contributed by atoms with Crippen LogP contribution in [0.1, 0.15) is 68.0 Å². The first-order valence-electron chi connectivity index (χ1n) is 19.9. The Hall–Kier alpha value is -5.18. The molecule has 7 rings (SSSR count). The van der Waals surface area contributed by atoms with Gasteiger partial charge in [-0.3, -0.25) is 6.08 Å². The number of halogens is 3. The fourth-order valence-electron chi connectivity index (χ4n) is 5.79. The van der Waals surface area contributed by atoms with E-state index in [1.165, 1.54) is 50.1 Å². The van der Waals surface area contributed by atoms with E-state index in [0.29, 0.717) is 0 Å². The Morgan fingerprint density at radius 3 is 0.613 bits per heavy atom. The molecule has 0 radical (unpaired) electrons. The van der Waals surface area contributed by atoms with Gasteiger partial charge in [-0.2, -0.15) is 11.1 Å².